The number of carbonyl (C=O) groups excluding carboxylic acids is 1. The van der Waals surface area contributed by atoms with E-state index in [2.05, 4.69) is 0 Å². The van der Waals surface area contributed by atoms with Crippen molar-refractivity contribution in [1.82, 2.24) is 0 Å². The zero-order chi connectivity index (χ0) is 22.0. The summed E-state index contributed by atoms with van der Waals surface area (Å²) in [7, 11) is 3.12. The van der Waals surface area contributed by atoms with Gasteiger partial charge in [-0.3, -0.25) is 4.79 Å². The SMILES string of the molecule is COc1ccc(/C=C2\Oc3cc(OCc4ccc(Cl)cc4Cl)ccc3C2=O)cc1OC. The van der Waals surface area contributed by atoms with Crippen LogP contribution in [0.25, 0.3) is 6.08 Å². The van der Waals surface area contributed by atoms with Crippen LogP contribution in [0.4, 0.5) is 0 Å². The third kappa shape index (κ3) is 4.48. The quantitative estimate of drug-likeness (QED) is 0.412. The summed E-state index contributed by atoms with van der Waals surface area (Å²) in [6, 6.07) is 15.7. The van der Waals surface area contributed by atoms with Crippen molar-refractivity contribution in [2.45, 2.75) is 6.61 Å². The average Bonchev–Trinajstić information content (AvgIpc) is 3.07. The third-order valence-corrected chi connectivity index (χ3v) is 5.34. The van der Waals surface area contributed by atoms with Gasteiger partial charge in [-0.25, -0.2) is 0 Å². The topological polar surface area (TPSA) is 54.0 Å². The normalized spacial score (nSPS) is 13.7. The second kappa shape index (κ2) is 8.92. The van der Waals surface area contributed by atoms with Crippen molar-refractivity contribution in [2.24, 2.45) is 0 Å². The lowest BCUT2D eigenvalue weighted by Crippen LogP contribution is -1.98. The van der Waals surface area contributed by atoms with E-state index in [4.69, 9.17) is 42.1 Å². The second-order valence-corrected chi connectivity index (χ2v) is 7.58. The second-order valence-electron chi connectivity index (χ2n) is 6.74. The van der Waals surface area contributed by atoms with Gasteiger partial charge in [-0.05, 0) is 48.0 Å². The number of hydrogen-bond donors (Lipinski definition) is 0. The highest BCUT2D eigenvalue weighted by atomic mass is 35.5. The smallest absolute Gasteiger partial charge is 0.231 e. The molecule has 3 aromatic rings. The molecule has 0 unspecified atom stereocenters. The molecule has 0 radical (unpaired) electrons. The van der Waals surface area contributed by atoms with Crippen molar-refractivity contribution < 1.29 is 23.7 Å². The third-order valence-electron chi connectivity index (χ3n) is 4.76. The Morgan fingerprint density at radius 1 is 0.935 bits per heavy atom. The number of methoxy groups -OCH3 is 2. The molecule has 0 atom stereocenters. The Hall–Kier alpha value is -3.15. The lowest BCUT2D eigenvalue weighted by Gasteiger charge is -2.09. The first-order valence-electron chi connectivity index (χ1n) is 9.35. The molecule has 0 fully saturated rings. The van der Waals surface area contributed by atoms with Crippen molar-refractivity contribution in [3.8, 4) is 23.0 Å². The van der Waals surface area contributed by atoms with Gasteiger partial charge >= 0.3 is 0 Å². The number of rotatable bonds is 6. The summed E-state index contributed by atoms with van der Waals surface area (Å²) in [5, 5.41) is 1.09. The minimum atomic E-state index is -0.197. The molecule has 158 valence electrons. The molecule has 0 N–H and O–H groups in total. The summed E-state index contributed by atoms with van der Waals surface area (Å²) >= 11 is 12.1. The summed E-state index contributed by atoms with van der Waals surface area (Å²) in [6.45, 7) is 0.261. The molecule has 0 amide bonds. The molecule has 1 aliphatic rings. The van der Waals surface area contributed by atoms with E-state index >= 15 is 0 Å². The molecule has 7 heteroatoms. The van der Waals surface area contributed by atoms with Gasteiger partial charge in [0.1, 0.15) is 18.1 Å². The highest BCUT2D eigenvalue weighted by Gasteiger charge is 2.28. The molecule has 0 spiro atoms. The molecule has 1 aliphatic heterocycles. The van der Waals surface area contributed by atoms with Crippen molar-refractivity contribution in [3.63, 3.8) is 0 Å². The molecule has 5 nitrogen and oxygen atoms in total. The summed E-state index contributed by atoms with van der Waals surface area (Å²) < 4.78 is 22.2. The first-order valence-corrected chi connectivity index (χ1v) is 10.1. The number of Topliss-reactive ketones (excluding diaryl/α,β-unsaturated/α-hetero) is 1. The van der Waals surface area contributed by atoms with E-state index in [1.807, 2.05) is 12.1 Å². The predicted octanol–water partition coefficient (Wildman–Crippen LogP) is 6.21. The number of allylic oxidation sites excluding steroid dienone is 1. The van der Waals surface area contributed by atoms with Crippen LogP contribution in [0.15, 0.2) is 60.4 Å². The van der Waals surface area contributed by atoms with Crippen LogP contribution in [0.5, 0.6) is 23.0 Å². The monoisotopic (exact) mass is 456 g/mol. The predicted molar refractivity (Wildman–Crippen MR) is 120 cm³/mol. The van der Waals surface area contributed by atoms with Crippen LogP contribution < -0.4 is 18.9 Å². The molecule has 3 aromatic carbocycles. The maximum atomic E-state index is 12.7. The van der Waals surface area contributed by atoms with Crippen LogP contribution in [0, 0.1) is 0 Å². The molecule has 31 heavy (non-hydrogen) atoms. The van der Waals surface area contributed by atoms with Crippen LogP contribution >= 0.6 is 23.2 Å². The van der Waals surface area contributed by atoms with Gasteiger partial charge in [0.2, 0.25) is 5.78 Å². The Morgan fingerprint density at radius 3 is 2.48 bits per heavy atom. The number of fused-ring (bicyclic) bond motifs is 1. The van der Waals surface area contributed by atoms with Crippen LogP contribution in [0.2, 0.25) is 10.0 Å². The number of benzene rings is 3. The maximum Gasteiger partial charge on any atom is 0.231 e. The van der Waals surface area contributed by atoms with Crippen molar-refractivity contribution >= 4 is 35.1 Å². The Balaban J connectivity index is 1.52. The van der Waals surface area contributed by atoms with Crippen LogP contribution in [0.1, 0.15) is 21.5 Å². The van der Waals surface area contributed by atoms with E-state index in [9.17, 15) is 4.79 Å². The molecule has 0 aromatic heterocycles. The van der Waals surface area contributed by atoms with Crippen molar-refractivity contribution in [2.75, 3.05) is 14.2 Å². The Morgan fingerprint density at radius 2 is 1.74 bits per heavy atom. The van der Waals surface area contributed by atoms with E-state index in [0.29, 0.717) is 38.6 Å². The van der Waals surface area contributed by atoms with Gasteiger partial charge in [0.25, 0.3) is 0 Å². The van der Waals surface area contributed by atoms with Crippen molar-refractivity contribution in [3.05, 3.63) is 87.1 Å². The molecular weight excluding hydrogens is 439 g/mol. The van der Waals surface area contributed by atoms with E-state index < -0.39 is 0 Å². The summed E-state index contributed by atoms with van der Waals surface area (Å²) in [5.74, 6) is 2.20. The van der Waals surface area contributed by atoms with Gasteiger partial charge in [-0.1, -0.05) is 35.3 Å². The van der Waals surface area contributed by atoms with E-state index in [-0.39, 0.29) is 18.1 Å². The highest BCUT2D eigenvalue weighted by molar-refractivity contribution is 6.35. The minimum Gasteiger partial charge on any atom is -0.493 e. The lowest BCUT2D eigenvalue weighted by molar-refractivity contribution is 0.101. The largest absolute Gasteiger partial charge is 0.493 e. The molecular formula is C24H18Cl2O5. The number of ether oxygens (including phenoxy) is 4. The van der Waals surface area contributed by atoms with Gasteiger partial charge in [-0.15, -0.1) is 0 Å². The first kappa shape index (κ1) is 21.1. The number of carbonyl (C=O) groups is 1. The van der Waals surface area contributed by atoms with Crippen LogP contribution in [0.3, 0.4) is 0 Å². The molecule has 1 heterocycles. The molecule has 0 aliphatic carbocycles. The standard InChI is InChI=1S/C24H18Cl2O5/c1-28-20-8-3-14(9-22(20)29-2)10-23-24(27)18-7-6-17(12-21(18)31-23)30-13-15-4-5-16(25)11-19(15)26/h3-12H,13H2,1-2H3/b23-10-. The summed E-state index contributed by atoms with van der Waals surface area (Å²) in [5.41, 5.74) is 2.03. The van der Waals surface area contributed by atoms with Crippen molar-refractivity contribution in [1.29, 1.82) is 0 Å². The van der Waals surface area contributed by atoms with Gasteiger partial charge in [0.05, 0.1) is 19.8 Å². The van der Waals surface area contributed by atoms with E-state index in [0.717, 1.165) is 11.1 Å². The zero-order valence-electron chi connectivity index (χ0n) is 16.8. The zero-order valence-corrected chi connectivity index (χ0v) is 18.3. The fraction of sp³-hybridized carbons (Fsp3) is 0.125. The Bertz CT molecular complexity index is 1190. The Labute approximate surface area is 189 Å². The fourth-order valence-electron chi connectivity index (χ4n) is 3.15. The van der Waals surface area contributed by atoms with E-state index in [1.165, 1.54) is 0 Å². The maximum absolute atomic E-state index is 12.7. The molecule has 0 bridgehead atoms. The summed E-state index contributed by atoms with van der Waals surface area (Å²) in [6.07, 6.45) is 1.66. The number of halogens is 2. The molecule has 4 rings (SSSR count). The highest BCUT2D eigenvalue weighted by Crippen LogP contribution is 2.36. The van der Waals surface area contributed by atoms with Gasteiger partial charge < -0.3 is 18.9 Å². The first-order chi connectivity index (χ1) is 15.0. The lowest BCUT2D eigenvalue weighted by atomic mass is 10.1. The average molecular weight is 457 g/mol. The minimum absolute atomic E-state index is 0.197. The van der Waals surface area contributed by atoms with Crippen LogP contribution in [-0.4, -0.2) is 20.0 Å². The van der Waals surface area contributed by atoms with Gasteiger partial charge in [0.15, 0.2) is 17.3 Å². The number of hydrogen-bond acceptors (Lipinski definition) is 5. The van der Waals surface area contributed by atoms with E-state index in [1.54, 1.807) is 62.8 Å². The van der Waals surface area contributed by atoms with Crippen LogP contribution in [-0.2, 0) is 6.61 Å². The molecule has 0 saturated carbocycles. The fourth-order valence-corrected chi connectivity index (χ4v) is 3.61. The summed E-state index contributed by atoms with van der Waals surface area (Å²) in [4.78, 5) is 12.7. The van der Waals surface area contributed by atoms with Gasteiger partial charge in [0, 0.05) is 21.7 Å². The number of ketones is 1. The Kier molecular flexibility index (Phi) is 6.07. The van der Waals surface area contributed by atoms with Gasteiger partial charge in [-0.2, -0.15) is 0 Å². The molecule has 0 saturated heterocycles.